The van der Waals surface area contributed by atoms with Crippen molar-refractivity contribution in [3.8, 4) is 0 Å². The number of aliphatic hydroxyl groups is 1. The van der Waals surface area contributed by atoms with E-state index >= 15 is 0 Å². The maximum atomic E-state index is 11.0. The fraction of sp³-hybridized carbons (Fsp3) is 0.333. The number of hydrogen-bond donors (Lipinski definition) is 1. The molecule has 80 valence electrons. The van der Waals surface area contributed by atoms with Crippen LogP contribution in [0.3, 0.4) is 0 Å². The van der Waals surface area contributed by atoms with Crippen LogP contribution in [-0.4, -0.2) is 28.2 Å². The Balaban J connectivity index is 2.92. The largest absolute Gasteiger partial charge is 0.396 e. The first kappa shape index (κ1) is 11.3. The van der Waals surface area contributed by atoms with Gasteiger partial charge < -0.3 is 5.11 Å². The van der Waals surface area contributed by atoms with E-state index in [0.717, 1.165) is 12.2 Å². The normalized spacial score (nSPS) is 16.1. The average molecular weight is 211 g/mol. The third-order valence-corrected chi connectivity index (χ3v) is 1.92. The van der Waals surface area contributed by atoms with Gasteiger partial charge in [0.15, 0.2) is 0 Å². The maximum Gasteiger partial charge on any atom is 0.320 e. The van der Waals surface area contributed by atoms with Gasteiger partial charge in [0.05, 0.1) is 4.92 Å². The second kappa shape index (κ2) is 4.61. The third-order valence-electron chi connectivity index (χ3n) is 1.92. The van der Waals surface area contributed by atoms with Gasteiger partial charge in [0.2, 0.25) is 5.78 Å². The van der Waals surface area contributed by atoms with Gasteiger partial charge in [-0.05, 0) is 24.5 Å². The number of nitrogens with zero attached hydrogens (tertiary/aromatic N) is 1. The van der Waals surface area contributed by atoms with Crippen molar-refractivity contribution in [2.24, 2.45) is 0 Å². The number of aliphatic hydroxyl groups excluding tert-OH is 1. The Kier molecular flexibility index (Phi) is 3.46. The predicted molar refractivity (Wildman–Crippen MR) is 49.5 cm³/mol. The molecule has 1 aliphatic carbocycles. The van der Waals surface area contributed by atoms with Crippen molar-refractivity contribution in [3.05, 3.63) is 33.5 Å². The molecule has 0 unspecified atom stereocenters. The van der Waals surface area contributed by atoms with E-state index in [0.29, 0.717) is 18.4 Å². The minimum absolute atomic E-state index is 0.0683. The summed E-state index contributed by atoms with van der Waals surface area (Å²) in [5.74, 6) is -1.97. The SMILES string of the molecule is O=C1C=C(CCCO)C=C([N+](=O)[O-])C1=O. The van der Waals surface area contributed by atoms with Crippen molar-refractivity contribution in [2.75, 3.05) is 6.61 Å². The van der Waals surface area contributed by atoms with Crippen LogP contribution in [-0.2, 0) is 9.59 Å². The van der Waals surface area contributed by atoms with Crippen LogP contribution < -0.4 is 0 Å². The van der Waals surface area contributed by atoms with Crippen LogP contribution in [0.5, 0.6) is 0 Å². The van der Waals surface area contributed by atoms with E-state index in [9.17, 15) is 19.7 Å². The molecule has 0 saturated carbocycles. The summed E-state index contributed by atoms with van der Waals surface area (Å²) in [5, 5.41) is 19.0. The van der Waals surface area contributed by atoms with Crippen LogP contribution >= 0.6 is 0 Å². The molecule has 1 aliphatic rings. The molecular formula is C9H9NO5. The second-order valence-corrected chi connectivity index (χ2v) is 3.03. The summed E-state index contributed by atoms with van der Waals surface area (Å²) in [6.45, 7) is -0.0683. The topological polar surface area (TPSA) is 97.5 Å². The first-order valence-electron chi connectivity index (χ1n) is 4.32. The summed E-state index contributed by atoms with van der Waals surface area (Å²) in [6.07, 6.45) is 2.89. The standard InChI is InChI=1S/C9H9NO5/c11-3-1-2-6-4-7(10(14)15)9(13)8(12)5-6/h4-5,11H,1-3H2. The molecule has 0 fully saturated rings. The highest BCUT2D eigenvalue weighted by molar-refractivity contribution is 6.47. The first-order chi connectivity index (χ1) is 7.06. The van der Waals surface area contributed by atoms with Crippen molar-refractivity contribution in [1.29, 1.82) is 0 Å². The molecule has 1 rings (SSSR count). The van der Waals surface area contributed by atoms with Gasteiger partial charge >= 0.3 is 11.5 Å². The summed E-state index contributed by atoms with van der Waals surface area (Å²) in [4.78, 5) is 31.6. The van der Waals surface area contributed by atoms with Crippen LogP contribution in [0.4, 0.5) is 0 Å². The Labute approximate surface area is 85.0 Å². The number of ketones is 2. The monoisotopic (exact) mass is 211 g/mol. The van der Waals surface area contributed by atoms with Crippen LogP contribution in [0, 0.1) is 10.1 Å². The predicted octanol–water partition coefficient (Wildman–Crippen LogP) is -0.00230. The van der Waals surface area contributed by atoms with Crippen LogP contribution in [0.15, 0.2) is 23.4 Å². The molecule has 0 aromatic heterocycles. The number of nitro groups is 1. The third kappa shape index (κ3) is 2.57. The Morgan fingerprint density at radius 1 is 1.33 bits per heavy atom. The summed E-state index contributed by atoms with van der Waals surface area (Å²) >= 11 is 0. The molecule has 0 aromatic rings. The smallest absolute Gasteiger partial charge is 0.320 e. The van der Waals surface area contributed by atoms with Gasteiger partial charge in [-0.15, -0.1) is 0 Å². The molecule has 0 saturated heterocycles. The fourth-order valence-corrected chi connectivity index (χ4v) is 1.21. The Hall–Kier alpha value is -1.82. The van der Waals surface area contributed by atoms with E-state index in [1.165, 1.54) is 0 Å². The lowest BCUT2D eigenvalue weighted by atomic mass is 9.99. The van der Waals surface area contributed by atoms with Crippen LogP contribution in [0.25, 0.3) is 0 Å². The lowest BCUT2D eigenvalue weighted by Crippen LogP contribution is -2.23. The van der Waals surface area contributed by atoms with Crippen LogP contribution in [0.2, 0.25) is 0 Å². The molecule has 0 bridgehead atoms. The van der Waals surface area contributed by atoms with Gasteiger partial charge in [-0.1, -0.05) is 0 Å². The molecule has 0 radical (unpaired) electrons. The number of carbonyl (C=O) groups excluding carboxylic acids is 2. The minimum Gasteiger partial charge on any atom is -0.396 e. The fourth-order valence-electron chi connectivity index (χ4n) is 1.21. The van der Waals surface area contributed by atoms with Gasteiger partial charge in [0.25, 0.3) is 0 Å². The molecule has 0 aliphatic heterocycles. The lowest BCUT2D eigenvalue weighted by molar-refractivity contribution is -0.418. The van der Waals surface area contributed by atoms with Gasteiger partial charge in [-0.25, -0.2) is 0 Å². The highest BCUT2D eigenvalue weighted by Crippen LogP contribution is 2.16. The average Bonchev–Trinajstić information content (AvgIpc) is 2.19. The zero-order valence-electron chi connectivity index (χ0n) is 7.80. The van der Waals surface area contributed by atoms with Crippen molar-refractivity contribution in [3.63, 3.8) is 0 Å². The van der Waals surface area contributed by atoms with E-state index < -0.39 is 22.2 Å². The molecule has 0 heterocycles. The number of allylic oxidation sites excluding steroid dienone is 4. The van der Waals surface area contributed by atoms with E-state index in [-0.39, 0.29) is 6.61 Å². The van der Waals surface area contributed by atoms with Gasteiger partial charge in [0.1, 0.15) is 0 Å². The molecule has 0 aromatic carbocycles. The molecule has 6 heteroatoms. The van der Waals surface area contributed by atoms with E-state index in [2.05, 4.69) is 0 Å². The summed E-state index contributed by atoms with van der Waals surface area (Å²) in [7, 11) is 0. The van der Waals surface area contributed by atoms with Crippen LogP contribution in [0.1, 0.15) is 12.8 Å². The highest BCUT2D eigenvalue weighted by atomic mass is 16.6. The van der Waals surface area contributed by atoms with Crippen molar-refractivity contribution in [2.45, 2.75) is 12.8 Å². The second-order valence-electron chi connectivity index (χ2n) is 3.03. The Bertz CT molecular complexity index is 380. The van der Waals surface area contributed by atoms with Gasteiger partial charge in [-0.2, -0.15) is 0 Å². The molecule has 6 nitrogen and oxygen atoms in total. The number of hydrogen-bond acceptors (Lipinski definition) is 5. The number of rotatable bonds is 4. The zero-order valence-corrected chi connectivity index (χ0v) is 7.80. The van der Waals surface area contributed by atoms with Crippen molar-refractivity contribution < 1.29 is 19.6 Å². The molecule has 1 N–H and O–H groups in total. The van der Waals surface area contributed by atoms with E-state index in [1.54, 1.807) is 0 Å². The summed E-state index contributed by atoms with van der Waals surface area (Å²) in [5.41, 5.74) is -0.296. The number of Topliss-reactive ketones (excluding diaryl/α,β-unsaturated/α-hetero) is 1. The Morgan fingerprint density at radius 2 is 2.00 bits per heavy atom. The van der Waals surface area contributed by atoms with Gasteiger partial charge in [-0.3, -0.25) is 19.7 Å². The van der Waals surface area contributed by atoms with E-state index in [1.807, 2.05) is 0 Å². The van der Waals surface area contributed by atoms with E-state index in [4.69, 9.17) is 5.11 Å². The highest BCUT2D eigenvalue weighted by Gasteiger charge is 2.31. The zero-order chi connectivity index (χ0) is 11.4. The maximum absolute atomic E-state index is 11.0. The molecule has 0 atom stereocenters. The summed E-state index contributed by atoms with van der Waals surface area (Å²) in [6, 6.07) is 0. The number of carbonyl (C=O) groups is 2. The van der Waals surface area contributed by atoms with Crippen molar-refractivity contribution >= 4 is 11.6 Å². The quantitative estimate of drug-likeness (QED) is 0.305. The molecular weight excluding hydrogens is 202 g/mol. The minimum atomic E-state index is -1.09. The molecule has 15 heavy (non-hydrogen) atoms. The first-order valence-corrected chi connectivity index (χ1v) is 4.32. The molecule has 0 amide bonds. The lowest BCUT2D eigenvalue weighted by Gasteiger charge is -2.05. The molecule has 0 spiro atoms. The Morgan fingerprint density at radius 3 is 2.53 bits per heavy atom. The van der Waals surface area contributed by atoms with Gasteiger partial charge in [0, 0.05) is 12.7 Å². The van der Waals surface area contributed by atoms with Crippen molar-refractivity contribution in [1.82, 2.24) is 0 Å². The summed E-state index contributed by atoms with van der Waals surface area (Å²) < 4.78 is 0.